The van der Waals surface area contributed by atoms with Gasteiger partial charge in [0.25, 0.3) is 0 Å². The smallest absolute Gasteiger partial charge is 0.217 e. The number of carbonyl (C=O) groups is 1. The number of nitrogens with one attached hydrogen (secondary N) is 1. The largest absolute Gasteiger partial charge is 0.384 e. The van der Waals surface area contributed by atoms with Crippen LogP contribution in [0.4, 0.5) is 5.13 Å². The first-order chi connectivity index (χ1) is 9.19. The maximum atomic E-state index is 11.1. The zero-order valence-electron chi connectivity index (χ0n) is 11.4. The Morgan fingerprint density at radius 1 is 1.63 bits per heavy atom. The Morgan fingerprint density at radius 3 is 3.21 bits per heavy atom. The van der Waals surface area contributed by atoms with Crippen LogP contribution < -0.4 is 10.2 Å². The van der Waals surface area contributed by atoms with Crippen molar-refractivity contribution in [1.29, 1.82) is 0 Å². The standard InChI is InChI=1S/C12H20N4O2S/c1-9(17)13-10-4-3-6-16(8-10)12-14-11(15-19-12)5-7-18-2/h10H,3-8H2,1-2H3,(H,13,17). The van der Waals surface area contributed by atoms with Crippen LogP contribution in [0, 0.1) is 0 Å². The summed E-state index contributed by atoms with van der Waals surface area (Å²) in [6.07, 6.45) is 2.85. The third-order valence-electron chi connectivity index (χ3n) is 3.09. The van der Waals surface area contributed by atoms with Crippen molar-refractivity contribution in [2.75, 3.05) is 31.7 Å². The fraction of sp³-hybridized carbons (Fsp3) is 0.750. The Balaban J connectivity index is 1.93. The molecular formula is C12H20N4O2S. The van der Waals surface area contributed by atoms with Crippen LogP contribution in [0.15, 0.2) is 0 Å². The number of aromatic nitrogens is 2. The SMILES string of the molecule is COCCc1nsc(N2CCCC(NC(C)=O)C2)n1. The number of hydrogen-bond donors (Lipinski definition) is 1. The Labute approximate surface area is 117 Å². The molecule has 0 spiro atoms. The highest BCUT2D eigenvalue weighted by molar-refractivity contribution is 7.09. The summed E-state index contributed by atoms with van der Waals surface area (Å²) < 4.78 is 9.36. The summed E-state index contributed by atoms with van der Waals surface area (Å²) in [5, 5.41) is 3.92. The Hall–Kier alpha value is -1.21. The first kappa shape index (κ1) is 14.2. The molecule has 19 heavy (non-hydrogen) atoms. The van der Waals surface area contributed by atoms with Gasteiger partial charge in [0.1, 0.15) is 5.82 Å². The van der Waals surface area contributed by atoms with Gasteiger partial charge in [0.2, 0.25) is 11.0 Å². The minimum Gasteiger partial charge on any atom is -0.384 e. The third-order valence-corrected chi connectivity index (χ3v) is 3.90. The molecule has 1 N–H and O–H groups in total. The summed E-state index contributed by atoms with van der Waals surface area (Å²) >= 11 is 1.42. The average Bonchev–Trinajstić information content (AvgIpc) is 2.84. The summed E-state index contributed by atoms with van der Waals surface area (Å²) in [6.45, 7) is 4.00. The van der Waals surface area contributed by atoms with Gasteiger partial charge in [-0.1, -0.05) is 0 Å². The minimum atomic E-state index is 0.0323. The van der Waals surface area contributed by atoms with Gasteiger partial charge in [-0.25, -0.2) is 4.98 Å². The highest BCUT2D eigenvalue weighted by Crippen LogP contribution is 2.22. The van der Waals surface area contributed by atoms with E-state index in [9.17, 15) is 4.79 Å². The van der Waals surface area contributed by atoms with E-state index < -0.39 is 0 Å². The molecule has 2 heterocycles. The van der Waals surface area contributed by atoms with Crippen LogP contribution in [-0.4, -0.2) is 48.1 Å². The van der Waals surface area contributed by atoms with Gasteiger partial charge < -0.3 is 15.0 Å². The van der Waals surface area contributed by atoms with E-state index in [1.54, 1.807) is 14.0 Å². The zero-order chi connectivity index (χ0) is 13.7. The predicted molar refractivity (Wildman–Crippen MR) is 74.5 cm³/mol. The lowest BCUT2D eigenvalue weighted by atomic mass is 10.1. The van der Waals surface area contributed by atoms with Gasteiger partial charge in [0.15, 0.2) is 0 Å². The summed E-state index contributed by atoms with van der Waals surface area (Å²) in [4.78, 5) is 17.8. The van der Waals surface area contributed by atoms with Gasteiger partial charge in [0, 0.05) is 51.1 Å². The summed E-state index contributed by atoms with van der Waals surface area (Å²) in [6, 6.07) is 0.220. The first-order valence-corrected chi connectivity index (χ1v) is 7.30. The number of piperidine rings is 1. The Kier molecular flexibility index (Phi) is 5.09. The normalized spacial score (nSPS) is 19.5. The molecule has 1 aromatic heterocycles. The zero-order valence-corrected chi connectivity index (χ0v) is 12.2. The third kappa shape index (κ3) is 4.14. The van der Waals surface area contributed by atoms with Crippen molar-refractivity contribution in [2.45, 2.75) is 32.2 Å². The molecule has 2 rings (SSSR count). The molecule has 1 aromatic rings. The van der Waals surface area contributed by atoms with Crippen molar-refractivity contribution < 1.29 is 9.53 Å². The van der Waals surface area contributed by atoms with E-state index >= 15 is 0 Å². The summed E-state index contributed by atoms with van der Waals surface area (Å²) in [5.41, 5.74) is 0. The Morgan fingerprint density at radius 2 is 2.47 bits per heavy atom. The molecule has 106 valence electrons. The molecule has 0 radical (unpaired) electrons. The molecule has 0 aliphatic carbocycles. The van der Waals surface area contributed by atoms with E-state index in [1.807, 2.05) is 0 Å². The van der Waals surface area contributed by atoms with Crippen LogP contribution in [0.2, 0.25) is 0 Å². The fourth-order valence-electron chi connectivity index (χ4n) is 2.22. The summed E-state index contributed by atoms with van der Waals surface area (Å²) in [7, 11) is 1.68. The van der Waals surface area contributed by atoms with Crippen molar-refractivity contribution >= 4 is 22.6 Å². The monoisotopic (exact) mass is 284 g/mol. The lowest BCUT2D eigenvalue weighted by Crippen LogP contribution is -2.47. The van der Waals surface area contributed by atoms with Crippen LogP contribution in [-0.2, 0) is 16.0 Å². The van der Waals surface area contributed by atoms with Gasteiger partial charge in [-0.15, -0.1) is 0 Å². The average molecular weight is 284 g/mol. The molecule has 0 saturated carbocycles. The van der Waals surface area contributed by atoms with Crippen molar-refractivity contribution in [3.05, 3.63) is 5.82 Å². The van der Waals surface area contributed by atoms with Crippen LogP contribution in [0.25, 0.3) is 0 Å². The van der Waals surface area contributed by atoms with Crippen molar-refractivity contribution in [1.82, 2.24) is 14.7 Å². The van der Waals surface area contributed by atoms with Crippen LogP contribution >= 0.6 is 11.5 Å². The number of rotatable bonds is 5. The molecular weight excluding hydrogens is 264 g/mol. The molecule has 1 saturated heterocycles. The summed E-state index contributed by atoms with van der Waals surface area (Å²) in [5.74, 6) is 0.869. The topological polar surface area (TPSA) is 67.3 Å². The van der Waals surface area contributed by atoms with E-state index in [0.717, 1.165) is 43.3 Å². The van der Waals surface area contributed by atoms with Crippen molar-refractivity contribution in [3.8, 4) is 0 Å². The van der Waals surface area contributed by atoms with E-state index in [2.05, 4.69) is 19.6 Å². The lowest BCUT2D eigenvalue weighted by molar-refractivity contribution is -0.119. The highest BCUT2D eigenvalue weighted by Gasteiger charge is 2.22. The van der Waals surface area contributed by atoms with E-state index in [-0.39, 0.29) is 11.9 Å². The second-order valence-corrected chi connectivity index (χ2v) is 5.45. The predicted octanol–water partition coefficient (Wildman–Crippen LogP) is 0.832. The Bertz CT molecular complexity index is 424. The van der Waals surface area contributed by atoms with Gasteiger partial charge in [-0.05, 0) is 12.8 Å². The van der Waals surface area contributed by atoms with Gasteiger partial charge in [-0.3, -0.25) is 4.79 Å². The number of amides is 1. The molecule has 0 aromatic carbocycles. The molecule has 0 bridgehead atoms. The number of anilines is 1. The van der Waals surface area contributed by atoms with Crippen molar-refractivity contribution in [2.24, 2.45) is 0 Å². The second kappa shape index (κ2) is 6.81. The first-order valence-electron chi connectivity index (χ1n) is 6.52. The van der Waals surface area contributed by atoms with Gasteiger partial charge >= 0.3 is 0 Å². The number of carbonyl (C=O) groups excluding carboxylic acids is 1. The van der Waals surface area contributed by atoms with E-state index in [1.165, 1.54) is 11.5 Å². The molecule has 1 aliphatic rings. The van der Waals surface area contributed by atoms with Gasteiger partial charge in [0.05, 0.1) is 6.61 Å². The fourth-order valence-corrected chi connectivity index (χ4v) is 2.97. The molecule has 1 fully saturated rings. The minimum absolute atomic E-state index is 0.0323. The van der Waals surface area contributed by atoms with E-state index in [4.69, 9.17) is 4.74 Å². The highest BCUT2D eigenvalue weighted by atomic mass is 32.1. The van der Waals surface area contributed by atoms with Crippen molar-refractivity contribution in [3.63, 3.8) is 0 Å². The number of hydrogen-bond acceptors (Lipinski definition) is 6. The number of ether oxygens (including phenoxy) is 1. The molecule has 1 amide bonds. The molecule has 1 atom stereocenters. The van der Waals surface area contributed by atoms with Crippen LogP contribution in [0.3, 0.4) is 0 Å². The second-order valence-electron chi connectivity index (χ2n) is 4.72. The van der Waals surface area contributed by atoms with Crippen LogP contribution in [0.5, 0.6) is 0 Å². The number of nitrogens with zero attached hydrogens (tertiary/aromatic N) is 3. The quantitative estimate of drug-likeness (QED) is 0.867. The van der Waals surface area contributed by atoms with Gasteiger partial charge in [-0.2, -0.15) is 4.37 Å². The molecule has 7 heteroatoms. The number of methoxy groups -OCH3 is 1. The molecule has 1 unspecified atom stereocenters. The maximum absolute atomic E-state index is 11.1. The lowest BCUT2D eigenvalue weighted by Gasteiger charge is -2.32. The molecule has 1 aliphatic heterocycles. The maximum Gasteiger partial charge on any atom is 0.217 e. The van der Waals surface area contributed by atoms with Crippen LogP contribution in [0.1, 0.15) is 25.6 Å². The van der Waals surface area contributed by atoms with E-state index in [0.29, 0.717) is 6.61 Å². The molecule has 6 nitrogen and oxygen atoms in total.